The summed E-state index contributed by atoms with van der Waals surface area (Å²) in [6, 6.07) is 11.4. The minimum absolute atomic E-state index is 0.122. The Bertz CT molecular complexity index is 995. The molecule has 0 saturated heterocycles. The molecular formula is C19H17ClN4O7. The fraction of sp³-hybridized carbons (Fsp3) is 0.158. The van der Waals surface area contributed by atoms with Gasteiger partial charge in [0.1, 0.15) is 0 Å². The van der Waals surface area contributed by atoms with Gasteiger partial charge in [-0.25, -0.2) is 0 Å². The smallest absolute Gasteiger partial charge is 0.306 e. The van der Waals surface area contributed by atoms with Crippen molar-refractivity contribution in [2.75, 3.05) is 11.9 Å². The fourth-order valence-electron chi connectivity index (χ4n) is 2.20. The molecule has 2 aromatic carbocycles. The molecule has 0 heterocycles. The number of hydrazine groups is 1. The third-order valence-electron chi connectivity index (χ3n) is 3.72. The van der Waals surface area contributed by atoms with E-state index in [0.29, 0.717) is 5.69 Å². The molecule has 162 valence electrons. The number of rotatable bonds is 8. The quantitative estimate of drug-likeness (QED) is 0.316. The van der Waals surface area contributed by atoms with Gasteiger partial charge in [-0.2, -0.15) is 0 Å². The molecule has 0 aromatic heterocycles. The lowest BCUT2D eigenvalue weighted by atomic mass is 10.2. The van der Waals surface area contributed by atoms with Gasteiger partial charge in [0.05, 0.1) is 21.9 Å². The number of nitro benzene ring substituents is 1. The number of amides is 3. The number of hydrogen-bond acceptors (Lipinski definition) is 7. The van der Waals surface area contributed by atoms with E-state index in [0.717, 1.165) is 0 Å². The molecule has 31 heavy (non-hydrogen) atoms. The van der Waals surface area contributed by atoms with Crippen LogP contribution in [0.25, 0.3) is 0 Å². The van der Waals surface area contributed by atoms with E-state index in [4.69, 9.17) is 16.3 Å². The first-order chi connectivity index (χ1) is 14.8. The maximum Gasteiger partial charge on any atom is 0.306 e. The van der Waals surface area contributed by atoms with Crippen LogP contribution in [0.1, 0.15) is 23.2 Å². The van der Waals surface area contributed by atoms with Crippen molar-refractivity contribution < 1.29 is 28.8 Å². The Balaban J connectivity index is 1.66. The van der Waals surface area contributed by atoms with Gasteiger partial charge in [-0.1, -0.05) is 23.7 Å². The summed E-state index contributed by atoms with van der Waals surface area (Å²) in [5.74, 6) is -2.74. The van der Waals surface area contributed by atoms with Gasteiger partial charge in [-0.15, -0.1) is 0 Å². The molecule has 0 atom stereocenters. The highest BCUT2D eigenvalue weighted by molar-refractivity contribution is 6.33. The summed E-state index contributed by atoms with van der Waals surface area (Å²) in [5, 5.41) is 13.3. The first-order valence-corrected chi connectivity index (χ1v) is 9.17. The summed E-state index contributed by atoms with van der Waals surface area (Å²) in [6.07, 6.45) is -0.515. The Hall–Kier alpha value is -3.99. The molecule has 0 aliphatic heterocycles. The van der Waals surface area contributed by atoms with Crippen LogP contribution in [-0.2, 0) is 19.1 Å². The molecule has 12 heteroatoms. The van der Waals surface area contributed by atoms with Gasteiger partial charge in [0.15, 0.2) is 6.61 Å². The third kappa shape index (κ3) is 7.74. The summed E-state index contributed by atoms with van der Waals surface area (Å²) >= 11 is 5.87. The summed E-state index contributed by atoms with van der Waals surface area (Å²) < 4.78 is 4.72. The second-order valence-electron chi connectivity index (χ2n) is 5.99. The van der Waals surface area contributed by atoms with Gasteiger partial charge in [0.25, 0.3) is 17.5 Å². The zero-order chi connectivity index (χ0) is 22.8. The van der Waals surface area contributed by atoms with Gasteiger partial charge < -0.3 is 10.1 Å². The molecule has 3 N–H and O–H groups in total. The number of benzene rings is 2. The van der Waals surface area contributed by atoms with Crippen molar-refractivity contribution in [3.8, 4) is 0 Å². The molecule has 2 rings (SSSR count). The van der Waals surface area contributed by atoms with E-state index in [2.05, 4.69) is 16.2 Å². The van der Waals surface area contributed by atoms with Gasteiger partial charge in [0.2, 0.25) is 5.91 Å². The Kier molecular flexibility index (Phi) is 8.46. The van der Waals surface area contributed by atoms with E-state index in [9.17, 15) is 29.3 Å². The average Bonchev–Trinajstić information content (AvgIpc) is 2.75. The van der Waals surface area contributed by atoms with E-state index in [1.807, 2.05) is 0 Å². The van der Waals surface area contributed by atoms with Crippen LogP contribution < -0.4 is 16.2 Å². The lowest BCUT2D eigenvalue weighted by Crippen LogP contribution is -2.43. The van der Waals surface area contributed by atoms with Crippen LogP contribution in [0.15, 0.2) is 48.5 Å². The molecule has 0 aliphatic rings. The van der Waals surface area contributed by atoms with Crippen molar-refractivity contribution in [3.05, 3.63) is 69.2 Å². The molecule has 0 bridgehead atoms. The predicted molar refractivity (Wildman–Crippen MR) is 109 cm³/mol. The highest BCUT2D eigenvalue weighted by Crippen LogP contribution is 2.16. The number of halogens is 1. The van der Waals surface area contributed by atoms with E-state index < -0.39 is 35.2 Å². The normalized spacial score (nSPS) is 9.97. The van der Waals surface area contributed by atoms with E-state index in [-0.39, 0.29) is 29.1 Å². The molecule has 11 nitrogen and oxygen atoms in total. The monoisotopic (exact) mass is 448 g/mol. The van der Waals surface area contributed by atoms with Gasteiger partial charge in [-0.3, -0.25) is 40.1 Å². The summed E-state index contributed by atoms with van der Waals surface area (Å²) in [4.78, 5) is 57.1. The SMILES string of the molecule is O=C(COC(=O)CCC(=O)Nc1ccc([N+](=O)[O-])cc1)NNC(=O)c1ccccc1Cl. The van der Waals surface area contributed by atoms with Crippen molar-refractivity contribution in [2.24, 2.45) is 0 Å². The number of carbonyl (C=O) groups excluding carboxylic acids is 4. The van der Waals surface area contributed by atoms with Crippen molar-refractivity contribution in [1.82, 2.24) is 10.9 Å². The molecule has 0 aliphatic carbocycles. The van der Waals surface area contributed by atoms with Crippen LogP contribution >= 0.6 is 11.6 Å². The standard InChI is InChI=1S/C19H17ClN4O7/c20-15-4-2-1-3-14(15)19(28)23-22-17(26)11-31-18(27)10-9-16(25)21-12-5-7-13(8-6-12)24(29)30/h1-8H,9-11H2,(H,21,25)(H,22,26)(H,23,28). The third-order valence-corrected chi connectivity index (χ3v) is 4.05. The summed E-state index contributed by atoms with van der Waals surface area (Å²) in [6.45, 7) is -0.661. The number of nitro groups is 1. The van der Waals surface area contributed by atoms with E-state index in [1.54, 1.807) is 12.1 Å². The van der Waals surface area contributed by atoms with Gasteiger partial charge in [-0.05, 0) is 24.3 Å². The fourth-order valence-corrected chi connectivity index (χ4v) is 2.42. The van der Waals surface area contributed by atoms with Gasteiger partial charge in [0, 0.05) is 24.2 Å². The number of nitrogens with zero attached hydrogens (tertiary/aromatic N) is 1. The topological polar surface area (TPSA) is 157 Å². The Morgan fingerprint density at radius 3 is 2.26 bits per heavy atom. The Labute approximate surface area is 180 Å². The van der Waals surface area contributed by atoms with Crippen molar-refractivity contribution in [3.63, 3.8) is 0 Å². The molecule has 0 fully saturated rings. The highest BCUT2D eigenvalue weighted by Gasteiger charge is 2.13. The van der Waals surface area contributed by atoms with Crippen LogP contribution in [0.2, 0.25) is 5.02 Å². The largest absolute Gasteiger partial charge is 0.455 e. The second-order valence-corrected chi connectivity index (χ2v) is 6.40. The minimum atomic E-state index is -0.800. The molecule has 0 unspecified atom stereocenters. The van der Waals surface area contributed by atoms with Crippen LogP contribution in [-0.4, -0.2) is 35.2 Å². The molecular weight excluding hydrogens is 432 g/mol. The van der Waals surface area contributed by atoms with Crippen LogP contribution in [0, 0.1) is 10.1 Å². The Morgan fingerprint density at radius 2 is 1.61 bits per heavy atom. The maximum atomic E-state index is 11.9. The summed E-state index contributed by atoms with van der Waals surface area (Å²) in [5.41, 5.74) is 4.57. The number of non-ortho nitro benzene ring substituents is 1. The van der Waals surface area contributed by atoms with Crippen LogP contribution in [0.5, 0.6) is 0 Å². The molecule has 0 spiro atoms. The van der Waals surface area contributed by atoms with Gasteiger partial charge >= 0.3 is 5.97 Å². The number of esters is 1. The average molecular weight is 449 g/mol. The number of anilines is 1. The second kappa shape index (κ2) is 11.3. The first kappa shape index (κ1) is 23.3. The predicted octanol–water partition coefficient (Wildman–Crippen LogP) is 1.97. The van der Waals surface area contributed by atoms with Crippen LogP contribution in [0.3, 0.4) is 0 Å². The van der Waals surface area contributed by atoms with E-state index >= 15 is 0 Å². The van der Waals surface area contributed by atoms with Crippen molar-refractivity contribution in [2.45, 2.75) is 12.8 Å². The van der Waals surface area contributed by atoms with Crippen molar-refractivity contribution >= 4 is 46.7 Å². The molecule has 2 aromatic rings. The lowest BCUT2D eigenvalue weighted by Gasteiger charge is -2.09. The number of nitrogens with one attached hydrogen (secondary N) is 3. The molecule has 0 radical (unpaired) electrons. The van der Waals surface area contributed by atoms with E-state index in [1.165, 1.54) is 36.4 Å². The highest BCUT2D eigenvalue weighted by atomic mass is 35.5. The minimum Gasteiger partial charge on any atom is -0.455 e. The Morgan fingerprint density at radius 1 is 0.935 bits per heavy atom. The number of carbonyl (C=O) groups is 4. The molecule has 3 amide bonds. The molecule has 0 saturated carbocycles. The zero-order valence-electron chi connectivity index (χ0n) is 15.9. The summed E-state index contributed by atoms with van der Waals surface area (Å²) in [7, 11) is 0. The van der Waals surface area contributed by atoms with Crippen molar-refractivity contribution in [1.29, 1.82) is 0 Å². The number of ether oxygens (including phenoxy) is 1. The maximum absolute atomic E-state index is 11.9. The first-order valence-electron chi connectivity index (χ1n) is 8.80. The van der Waals surface area contributed by atoms with Crippen LogP contribution in [0.4, 0.5) is 11.4 Å². The zero-order valence-corrected chi connectivity index (χ0v) is 16.7. The number of hydrogen-bond donors (Lipinski definition) is 3. The lowest BCUT2D eigenvalue weighted by molar-refractivity contribution is -0.384.